The molecule has 1 aromatic heterocycles. The van der Waals surface area contributed by atoms with Crippen LogP contribution in [0.1, 0.15) is 62.9 Å². The first kappa shape index (κ1) is 20.4. The Morgan fingerprint density at radius 2 is 2.00 bits per heavy atom. The van der Waals surface area contributed by atoms with Gasteiger partial charge in [0.05, 0.1) is 16.3 Å². The van der Waals surface area contributed by atoms with Crippen LogP contribution in [0.4, 0.5) is 4.79 Å². The minimum atomic E-state index is -0.829. The van der Waals surface area contributed by atoms with Gasteiger partial charge in [-0.2, -0.15) is 0 Å². The molecule has 5 rings (SSSR count). The number of imide groups is 1. The van der Waals surface area contributed by atoms with Crippen LogP contribution in [0, 0.1) is 5.92 Å². The Morgan fingerprint density at radius 3 is 2.81 bits per heavy atom. The first-order chi connectivity index (χ1) is 15.0. The van der Waals surface area contributed by atoms with Gasteiger partial charge in [-0.15, -0.1) is 11.3 Å². The van der Waals surface area contributed by atoms with Crippen LogP contribution in [0.5, 0.6) is 0 Å². The predicted molar refractivity (Wildman–Crippen MR) is 119 cm³/mol. The number of nitrogens with zero attached hydrogens (tertiary/aromatic N) is 3. The zero-order valence-electron chi connectivity index (χ0n) is 17.8. The average molecular weight is 441 g/mol. The number of piperidine rings is 1. The van der Waals surface area contributed by atoms with Crippen molar-refractivity contribution in [3.05, 3.63) is 29.3 Å². The maximum Gasteiger partial charge on any atom is 0.325 e. The molecule has 1 N–H and O–H groups in total. The van der Waals surface area contributed by atoms with Gasteiger partial charge >= 0.3 is 6.03 Å². The molecular formula is C23H28N4O3S. The lowest BCUT2D eigenvalue weighted by molar-refractivity contribution is -0.142. The number of urea groups is 1. The van der Waals surface area contributed by atoms with Crippen molar-refractivity contribution in [2.75, 3.05) is 13.1 Å². The molecule has 2 saturated heterocycles. The van der Waals surface area contributed by atoms with Crippen molar-refractivity contribution in [1.29, 1.82) is 0 Å². The second kappa shape index (κ2) is 7.89. The first-order valence-corrected chi connectivity index (χ1v) is 12.1. The number of aromatic nitrogens is 1. The molecule has 0 unspecified atom stereocenters. The van der Waals surface area contributed by atoms with E-state index < -0.39 is 11.6 Å². The molecule has 2 aliphatic heterocycles. The molecule has 164 valence electrons. The maximum absolute atomic E-state index is 13.3. The highest BCUT2D eigenvalue weighted by Gasteiger charge is 2.55. The summed E-state index contributed by atoms with van der Waals surface area (Å²) in [6.07, 6.45) is 6.38. The standard InChI is InChI=1S/C23H28N4O3S/c1-15-8-4-6-12-23(15)21(29)27(22(30)25-23)14-19(28)26-13-7-5-10-17(26)20-24-16-9-2-3-11-18(16)31-20/h2-3,9,11,15,17H,4-8,10,12-14H2,1H3,(H,25,30)/t15-,17-,23-/m1/s1. The zero-order valence-corrected chi connectivity index (χ0v) is 18.6. The van der Waals surface area contributed by atoms with Gasteiger partial charge in [-0.05, 0) is 50.2 Å². The summed E-state index contributed by atoms with van der Waals surface area (Å²) >= 11 is 1.62. The number of hydrogen-bond acceptors (Lipinski definition) is 5. The third-order valence-electron chi connectivity index (χ3n) is 7.21. The van der Waals surface area contributed by atoms with Crippen LogP contribution in [0.3, 0.4) is 0 Å². The van der Waals surface area contributed by atoms with E-state index in [4.69, 9.17) is 4.98 Å². The van der Waals surface area contributed by atoms with Crippen molar-refractivity contribution in [2.24, 2.45) is 5.92 Å². The zero-order chi connectivity index (χ0) is 21.6. The topological polar surface area (TPSA) is 82.6 Å². The molecule has 1 aliphatic carbocycles. The number of rotatable bonds is 3. The van der Waals surface area contributed by atoms with E-state index >= 15 is 0 Å². The van der Waals surface area contributed by atoms with E-state index in [0.29, 0.717) is 13.0 Å². The van der Waals surface area contributed by atoms with Crippen molar-refractivity contribution >= 4 is 39.4 Å². The highest BCUT2D eigenvalue weighted by atomic mass is 32.1. The molecule has 1 saturated carbocycles. The van der Waals surface area contributed by atoms with E-state index in [2.05, 4.69) is 5.32 Å². The van der Waals surface area contributed by atoms with Gasteiger partial charge in [-0.1, -0.05) is 31.9 Å². The van der Waals surface area contributed by atoms with Gasteiger partial charge in [-0.3, -0.25) is 14.5 Å². The number of para-hydroxylation sites is 1. The molecule has 8 heteroatoms. The van der Waals surface area contributed by atoms with Crippen LogP contribution in [0.25, 0.3) is 10.2 Å². The molecule has 1 spiro atoms. The van der Waals surface area contributed by atoms with Gasteiger partial charge in [0.1, 0.15) is 17.1 Å². The van der Waals surface area contributed by atoms with Gasteiger partial charge in [-0.25, -0.2) is 9.78 Å². The average Bonchev–Trinajstić information content (AvgIpc) is 3.31. The molecule has 3 atom stereocenters. The van der Waals surface area contributed by atoms with Gasteiger partial charge in [0.25, 0.3) is 5.91 Å². The van der Waals surface area contributed by atoms with Crippen molar-refractivity contribution in [2.45, 2.75) is 63.5 Å². The van der Waals surface area contributed by atoms with Gasteiger partial charge in [0, 0.05) is 6.54 Å². The molecule has 0 bridgehead atoms. The molecule has 7 nitrogen and oxygen atoms in total. The Hall–Kier alpha value is -2.48. The van der Waals surface area contributed by atoms with Crippen molar-refractivity contribution < 1.29 is 14.4 Å². The number of hydrogen-bond donors (Lipinski definition) is 1. The molecule has 3 fully saturated rings. The summed E-state index contributed by atoms with van der Waals surface area (Å²) in [5, 5.41) is 3.88. The molecule has 3 heterocycles. The number of nitrogens with one attached hydrogen (secondary N) is 1. The number of likely N-dealkylation sites (tertiary alicyclic amines) is 1. The van der Waals surface area contributed by atoms with E-state index in [-0.39, 0.29) is 30.3 Å². The largest absolute Gasteiger partial charge is 0.332 e. The van der Waals surface area contributed by atoms with E-state index in [9.17, 15) is 14.4 Å². The number of fused-ring (bicyclic) bond motifs is 1. The summed E-state index contributed by atoms with van der Waals surface area (Å²) in [5.41, 5.74) is 0.118. The van der Waals surface area contributed by atoms with Gasteiger partial charge in [0.15, 0.2) is 0 Å². The lowest BCUT2D eigenvalue weighted by atomic mass is 9.73. The smallest absolute Gasteiger partial charge is 0.325 e. The Balaban J connectivity index is 1.36. The fourth-order valence-corrected chi connectivity index (χ4v) is 6.50. The summed E-state index contributed by atoms with van der Waals surface area (Å²) in [6, 6.07) is 7.47. The van der Waals surface area contributed by atoms with E-state index in [0.717, 1.165) is 58.6 Å². The predicted octanol–water partition coefficient (Wildman–Crippen LogP) is 3.85. The van der Waals surface area contributed by atoms with Crippen LogP contribution in [0.2, 0.25) is 0 Å². The molecule has 4 amide bonds. The summed E-state index contributed by atoms with van der Waals surface area (Å²) in [6.45, 7) is 2.46. The van der Waals surface area contributed by atoms with Crippen molar-refractivity contribution in [3.63, 3.8) is 0 Å². The van der Waals surface area contributed by atoms with Crippen LogP contribution in [-0.2, 0) is 9.59 Å². The Kier molecular flexibility index (Phi) is 5.20. The maximum atomic E-state index is 13.3. The van der Waals surface area contributed by atoms with Crippen LogP contribution in [-0.4, -0.2) is 51.3 Å². The third kappa shape index (κ3) is 3.41. The molecule has 1 aromatic carbocycles. The third-order valence-corrected chi connectivity index (χ3v) is 8.35. The fourth-order valence-electron chi connectivity index (χ4n) is 5.38. The first-order valence-electron chi connectivity index (χ1n) is 11.3. The van der Waals surface area contributed by atoms with E-state index in [1.807, 2.05) is 36.1 Å². The Bertz CT molecular complexity index is 1000. The van der Waals surface area contributed by atoms with Crippen molar-refractivity contribution in [3.8, 4) is 0 Å². The number of carbonyl (C=O) groups is 3. The number of thiazole rings is 1. The summed E-state index contributed by atoms with van der Waals surface area (Å²) in [4.78, 5) is 47.0. The fraction of sp³-hybridized carbons (Fsp3) is 0.565. The minimum absolute atomic E-state index is 0.0864. The van der Waals surface area contributed by atoms with E-state index in [1.54, 1.807) is 11.3 Å². The minimum Gasteiger partial charge on any atom is -0.332 e. The lowest BCUT2D eigenvalue weighted by Crippen LogP contribution is -2.54. The lowest BCUT2D eigenvalue weighted by Gasteiger charge is -2.37. The highest BCUT2D eigenvalue weighted by molar-refractivity contribution is 7.18. The molecule has 31 heavy (non-hydrogen) atoms. The summed E-state index contributed by atoms with van der Waals surface area (Å²) in [7, 11) is 0. The van der Waals surface area contributed by atoms with Crippen LogP contribution < -0.4 is 5.32 Å². The van der Waals surface area contributed by atoms with Crippen LogP contribution in [0.15, 0.2) is 24.3 Å². The number of amides is 4. The highest BCUT2D eigenvalue weighted by Crippen LogP contribution is 2.39. The van der Waals surface area contributed by atoms with Gasteiger partial charge in [0.2, 0.25) is 5.91 Å². The molecule has 2 aromatic rings. The molecule has 0 radical (unpaired) electrons. The monoisotopic (exact) mass is 440 g/mol. The summed E-state index contributed by atoms with van der Waals surface area (Å²) < 4.78 is 1.11. The second-order valence-electron chi connectivity index (χ2n) is 9.06. The Labute approximate surface area is 185 Å². The van der Waals surface area contributed by atoms with E-state index in [1.165, 1.54) is 0 Å². The quantitative estimate of drug-likeness (QED) is 0.735. The number of carbonyl (C=O) groups excluding carboxylic acids is 3. The normalized spacial score (nSPS) is 29.1. The van der Waals surface area contributed by atoms with Crippen molar-refractivity contribution in [1.82, 2.24) is 20.1 Å². The summed E-state index contributed by atoms with van der Waals surface area (Å²) in [5.74, 6) is -0.317. The Morgan fingerprint density at radius 1 is 1.19 bits per heavy atom. The SMILES string of the molecule is C[C@@H]1CCCC[C@@]12NC(=O)N(CC(=O)N1CCCC[C@@H]1c1nc3ccccc3s1)C2=O. The second-order valence-corrected chi connectivity index (χ2v) is 10.1. The van der Waals surface area contributed by atoms with Crippen LogP contribution >= 0.6 is 11.3 Å². The van der Waals surface area contributed by atoms with Gasteiger partial charge < -0.3 is 10.2 Å². The number of benzene rings is 1. The molecule has 3 aliphatic rings. The molecular weight excluding hydrogens is 412 g/mol.